The van der Waals surface area contributed by atoms with Gasteiger partial charge in [0.25, 0.3) is 0 Å². The Labute approximate surface area is 79.0 Å². The highest BCUT2D eigenvalue weighted by Gasteiger charge is 2.15. The molecule has 0 saturated carbocycles. The molecule has 0 aliphatic carbocycles. The summed E-state index contributed by atoms with van der Waals surface area (Å²) in [7, 11) is 0. The summed E-state index contributed by atoms with van der Waals surface area (Å²) in [5.41, 5.74) is 1.12. The first-order valence-electron chi connectivity index (χ1n) is 4.62. The molecule has 2 atom stereocenters. The molecular weight excluding hydrogens is 160 g/mol. The van der Waals surface area contributed by atoms with Crippen molar-refractivity contribution in [1.29, 1.82) is 0 Å². The van der Waals surface area contributed by atoms with Gasteiger partial charge in [0.2, 0.25) is 0 Å². The number of benzene rings is 1. The minimum absolute atomic E-state index is 0.208. The average Bonchev–Trinajstić information content (AvgIpc) is 2.28. The largest absolute Gasteiger partial charge is 0.489 e. The molecule has 1 aliphatic heterocycles. The van der Waals surface area contributed by atoms with Crippen molar-refractivity contribution in [2.45, 2.75) is 20.0 Å². The molecule has 0 saturated heterocycles. The maximum atomic E-state index is 5.78. The molecule has 2 rings (SSSR count). The van der Waals surface area contributed by atoms with Gasteiger partial charge in [-0.15, -0.1) is 0 Å². The molecule has 1 heterocycles. The van der Waals surface area contributed by atoms with E-state index in [1.54, 1.807) is 0 Å². The van der Waals surface area contributed by atoms with Crippen LogP contribution in [0.4, 0.5) is 0 Å². The van der Waals surface area contributed by atoms with Crippen LogP contribution in [-0.2, 0) is 0 Å². The van der Waals surface area contributed by atoms with Crippen molar-refractivity contribution in [1.82, 2.24) is 0 Å². The van der Waals surface area contributed by atoms with Crippen LogP contribution < -0.4 is 4.74 Å². The molecule has 0 fully saturated rings. The van der Waals surface area contributed by atoms with Crippen LogP contribution in [-0.4, -0.2) is 6.10 Å². The van der Waals surface area contributed by atoms with E-state index in [9.17, 15) is 0 Å². The maximum Gasteiger partial charge on any atom is 0.126 e. The third-order valence-electron chi connectivity index (χ3n) is 2.44. The van der Waals surface area contributed by atoms with Crippen molar-refractivity contribution in [3.63, 3.8) is 0 Å². The average molecular weight is 173 g/mol. The Hall–Kier alpha value is -1.24. The van der Waals surface area contributed by atoms with Gasteiger partial charge in [-0.1, -0.05) is 25.1 Å². The van der Waals surface area contributed by atoms with Gasteiger partial charge in [-0.3, -0.25) is 0 Å². The van der Waals surface area contributed by atoms with Crippen LogP contribution in [0.2, 0.25) is 0 Å². The third kappa shape index (κ3) is 1.59. The lowest BCUT2D eigenvalue weighted by Gasteiger charge is -2.16. The zero-order chi connectivity index (χ0) is 9.26. The number of fused-ring (bicyclic) bond motifs is 1. The molecule has 0 N–H and O–H groups in total. The standard InChI is InChI=1S/C12H13O/c1-9-7-8-11-5-3-4-6-12(11)13-10(9)2/h3-6,8-10H,1-2H3. The smallest absolute Gasteiger partial charge is 0.126 e. The molecule has 0 amide bonds. The second-order valence-corrected chi connectivity index (χ2v) is 3.46. The van der Waals surface area contributed by atoms with Crippen molar-refractivity contribution in [3.05, 3.63) is 35.9 Å². The van der Waals surface area contributed by atoms with Gasteiger partial charge in [-0.05, 0) is 25.1 Å². The number of ether oxygens (including phenoxy) is 1. The minimum atomic E-state index is 0.208. The highest BCUT2D eigenvalue weighted by Crippen LogP contribution is 2.26. The highest BCUT2D eigenvalue weighted by molar-refractivity contribution is 5.56. The zero-order valence-electron chi connectivity index (χ0n) is 7.95. The fourth-order valence-electron chi connectivity index (χ4n) is 1.37. The van der Waals surface area contributed by atoms with Crippen molar-refractivity contribution in [2.75, 3.05) is 0 Å². The van der Waals surface area contributed by atoms with E-state index < -0.39 is 0 Å². The number of hydrogen-bond acceptors (Lipinski definition) is 1. The van der Waals surface area contributed by atoms with Gasteiger partial charge in [-0.2, -0.15) is 0 Å². The van der Waals surface area contributed by atoms with Crippen LogP contribution >= 0.6 is 0 Å². The van der Waals surface area contributed by atoms with E-state index in [0.29, 0.717) is 5.92 Å². The summed E-state index contributed by atoms with van der Waals surface area (Å²) in [6.07, 6.45) is 5.53. The molecule has 1 radical (unpaired) electrons. The molecule has 67 valence electrons. The van der Waals surface area contributed by atoms with E-state index in [2.05, 4.69) is 19.9 Å². The molecular formula is C12H13O. The predicted octanol–water partition coefficient (Wildman–Crippen LogP) is 2.92. The van der Waals surface area contributed by atoms with Crippen LogP contribution in [0, 0.1) is 12.0 Å². The summed E-state index contributed by atoms with van der Waals surface area (Å²) in [5, 5.41) is 0. The van der Waals surface area contributed by atoms with Crippen LogP contribution in [0.15, 0.2) is 24.3 Å². The lowest BCUT2D eigenvalue weighted by molar-refractivity contribution is 0.183. The van der Waals surface area contributed by atoms with Gasteiger partial charge in [0.05, 0.1) is 0 Å². The summed E-state index contributed by atoms with van der Waals surface area (Å²) in [5.74, 6) is 1.32. The summed E-state index contributed by atoms with van der Waals surface area (Å²) in [6, 6.07) is 8.06. The van der Waals surface area contributed by atoms with E-state index in [1.165, 1.54) is 0 Å². The quantitative estimate of drug-likeness (QED) is 0.586. The lowest BCUT2D eigenvalue weighted by Crippen LogP contribution is -2.18. The Morgan fingerprint density at radius 1 is 1.23 bits per heavy atom. The summed E-state index contributed by atoms with van der Waals surface area (Å²) in [4.78, 5) is 0. The third-order valence-corrected chi connectivity index (χ3v) is 2.44. The van der Waals surface area contributed by atoms with Crippen molar-refractivity contribution in [2.24, 2.45) is 5.92 Å². The molecule has 2 unspecified atom stereocenters. The summed E-state index contributed by atoms with van der Waals surface area (Å²) >= 11 is 0. The topological polar surface area (TPSA) is 9.23 Å². The highest BCUT2D eigenvalue weighted by atomic mass is 16.5. The minimum Gasteiger partial charge on any atom is -0.489 e. The molecule has 1 heteroatoms. The molecule has 0 spiro atoms. The lowest BCUT2D eigenvalue weighted by atomic mass is 10.1. The van der Waals surface area contributed by atoms with Gasteiger partial charge >= 0.3 is 0 Å². The van der Waals surface area contributed by atoms with Gasteiger partial charge in [0.15, 0.2) is 0 Å². The Morgan fingerprint density at radius 3 is 2.85 bits per heavy atom. The molecule has 0 bridgehead atoms. The van der Waals surface area contributed by atoms with Gasteiger partial charge in [-0.25, -0.2) is 0 Å². The van der Waals surface area contributed by atoms with Gasteiger partial charge in [0.1, 0.15) is 11.9 Å². The van der Waals surface area contributed by atoms with Crippen molar-refractivity contribution in [3.8, 4) is 5.75 Å². The molecule has 1 aliphatic rings. The van der Waals surface area contributed by atoms with Crippen LogP contribution in [0.5, 0.6) is 5.75 Å². The normalized spacial score (nSPS) is 26.0. The predicted molar refractivity (Wildman–Crippen MR) is 53.4 cm³/mol. The summed E-state index contributed by atoms with van der Waals surface area (Å²) < 4.78 is 5.78. The maximum absolute atomic E-state index is 5.78. The van der Waals surface area contributed by atoms with Crippen molar-refractivity contribution < 1.29 is 4.74 Å². The van der Waals surface area contributed by atoms with Crippen LogP contribution in [0.25, 0.3) is 6.08 Å². The molecule has 13 heavy (non-hydrogen) atoms. The molecule has 1 nitrogen and oxygen atoms in total. The first kappa shape index (κ1) is 8.36. The molecule has 1 aromatic carbocycles. The van der Waals surface area contributed by atoms with E-state index >= 15 is 0 Å². The van der Waals surface area contributed by atoms with E-state index in [1.807, 2.05) is 30.3 Å². The fraction of sp³-hybridized carbons (Fsp3) is 0.333. The van der Waals surface area contributed by atoms with Crippen molar-refractivity contribution >= 4 is 6.08 Å². The first-order chi connectivity index (χ1) is 6.27. The van der Waals surface area contributed by atoms with E-state index in [0.717, 1.165) is 11.3 Å². The van der Waals surface area contributed by atoms with E-state index in [-0.39, 0.29) is 6.10 Å². The van der Waals surface area contributed by atoms with Crippen LogP contribution in [0.1, 0.15) is 19.4 Å². The van der Waals surface area contributed by atoms with Crippen LogP contribution in [0.3, 0.4) is 0 Å². The van der Waals surface area contributed by atoms with Gasteiger partial charge in [0, 0.05) is 11.5 Å². The number of rotatable bonds is 0. The zero-order valence-corrected chi connectivity index (χ0v) is 7.95. The molecule has 1 aromatic rings. The first-order valence-corrected chi connectivity index (χ1v) is 4.62. The molecule has 0 aromatic heterocycles. The Kier molecular flexibility index (Phi) is 2.09. The Bertz CT molecular complexity index is 328. The Morgan fingerprint density at radius 2 is 2.00 bits per heavy atom. The monoisotopic (exact) mass is 173 g/mol. The fourth-order valence-corrected chi connectivity index (χ4v) is 1.37. The second-order valence-electron chi connectivity index (χ2n) is 3.46. The second kappa shape index (κ2) is 3.25. The SMILES string of the molecule is CC1[C]=Cc2ccccc2OC1C. The Balaban J connectivity index is 2.40. The van der Waals surface area contributed by atoms with Gasteiger partial charge < -0.3 is 4.74 Å². The number of hydrogen-bond donors (Lipinski definition) is 0. The van der Waals surface area contributed by atoms with E-state index in [4.69, 9.17) is 4.74 Å². The number of para-hydroxylation sites is 1. The summed E-state index contributed by atoms with van der Waals surface area (Å²) in [6.45, 7) is 4.20.